The molecule has 11 heteroatoms. The molecule has 0 aliphatic carbocycles. The molecule has 0 radical (unpaired) electrons. The highest BCUT2D eigenvalue weighted by atomic mass is 16.5. The molecule has 0 bridgehead atoms. The number of phenols is 6. The molecule has 0 spiro atoms. The standard InChI is InChI=1S/C30H26O11/c1-11-2-17-19(33)5-13(31)7-24(17)40-29(11)12-3-15-16(9-22(36)28(39)26(15)27(38)21(35)4-12)30-23(37)10-18-20(34)6-14(32)8-25(18)41-30/h3-9,11,23,29-34,36-37,39H,2,10H2,1H3,(H,35,38)/t11-,23+,29+,30-/m1/s1. The smallest absolute Gasteiger partial charge is 0.231 e. The van der Waals surface area contributed by atoms with Gasteiger partial charge in [0.15, 0.2) is 23.4 Å². The molecule has 0 aromatic heterocycles. The summed E-state index contributed by atoms with van der Waals surface area (Å²) in [4.78, 5) is 13.3. The maximum atomic E-state index is 13.3. The zero-order chi connectivity index (χ0) is 29.3. The zero-order valence-corrected chi connectivity index (χ0v) is 21.6. The van der Waals surface area contributed by atoms with Crippen LogP contribution >= 0.6 is 0 Å². The zero-order valence-electron chi connectivity index (χ0n) is 21.6. The monoisotopic (exact) mass is 562 g/mol. The van der Waals surface area contributed by atoms with Gasteiger partial charge in [-0.25, -0.2) is 0 Å². The van der Waals surface area contributed by atoms with Crippen LogP contribution in [-0.2, 0) is 12.8 Å². The minimum atomic E-state index is -1.29. The minimum absolute atomic E-state index is 0.0397. The summed E-state index contributed by atoms with van der Waals surface area (Å²) in [6, 6.07) is 8.71. The summed E-state index contributed by atoms with van der Waals surface area (Å²) < 4.78 is 12.1. The molecule has 0 saturated carbocycles. The molecule has 0 fully saturated rings. The Morgan fingerprint density at radius 2 is 1.27 bits per heavy atom. The van der Waals surface area contributed by atoms with Gasteiger partial charge < -0.3 is 50.3 Å². The Hall–Kier alpha value is -5.03. The van der Waals surface area contributed by atoms with Crippen molar-refractivity contribution in [3.05, 3.63) is 74.9 Å². The van der Waals surface area contributed by atoms with Crippen LogP contribution < -0.4 is 14.9 Å². The molecule has 2 aliphatic rings. The molecular weight excluding hydrogens is 536 g/mol. The van der Waals surface area contributed by atoms with Gasteiger partial charge in [0, 0.05) is 53.3 Å². The molecule has 11 nitrogen and oxygen atoms in total. The summed E-state index contributed by atoms with van der Waals surface area (Å²) in [6.45, 7) is 1.83. The molecule has 212 valence electrons. The highest BCUT2D eigenvalue weighted by Gasteiger charge is 2.36. The first kappa shape index (κ1) is 26.2. The van der Waals surface area contributed by atoms with Crippen molar-refractivity contribution in [2.45, 2.75) is 38.1 Å². The highest BCUT2D eigenvalue weighted by Crippen LogP contribution is 2.48. The van der Waals surface area contributed by atoms with E-state index in [-0.39, 0.29) is 63.3 Å². The molecule has 6 rings (SSSR count). The number of benzene rings is 3. The van der Waals surface area contributed by atoms with Gasteiger partial charge in [0.25, 0.3) is 0 Å². The van der Waals surface area contributed by atoms with Crippen molar-refractivity contribution in [1.29, 1.82) is 0 Å². The molecule has 2 heterocycles. The Bertz CT molecular complexity index is 1800. The van der Waals surface area contributed by atoms with Crippen LogP contribution in [-0.4, -0.2) is 47.0 Å². The number of aliphatic hydroxyl groups is 1. The van der Waals surface area contributed by atoms with Gasteiger partial charge in [0.1, 0.15) is 40.6 Å². The average molecular weight is 563 g/mol. The fraction of sp³-hybridized carbons (Fsp3) is 0.233. The second kappa shape index (κ2) is 9.27. The predicted molar refractivity (Wildman–Crippen MR) is 144 cm³/mol. The van der Waals surface area contributed by atoms with Crippen molar-refractivity contribution in [2.24, 2.45) is 5.92 Å². The summed E-state index contributed by atoms with van der Waals surface area (Å²) >= 11 is 0. The number of rotatable bonds is 2. The summed E-state index contributed by atoms with van der Waals surface area (Å²) in [5.41, 5.74) is 0.118. The fourth-order valence-electron chi connectivity index (χ4n) is 5.77. The van der Waals surface area contributed by atoms with E-state index in [0.717, 1.165) is 12.1 Å². The molecule has 0 saturated heterocycles. The number of fused-ring (bicyclic) bond motifs is 3. The third kappa shape index (κ3) is 4.21. The maximum absolute atomic E-state index is 13.3. The van der Waals surface area contributed by atoms with Crippen molar-refractivity contribution in [1.82, 2.24) is 0 Å². The normalized spacial score (nSPS) is 21.4. The van der Waals surface area contributed by atoms with E-state index >= 15 is 0 Å². The maximum Gasteiger partial charge on any atom is 0.231 e. The first-order chi connectivity index (χ1) is 19.4. The summed E-state index contributed by atoms with van der Waals surface area (Å²) in [6.07, 6.45) is -3.07. The largest absolute Gasteiger partial charge is 0.508 e. The van der Waals surface area contributed by atoms with Gasteiger partial charge in [0.2, 0.25) is 5.43 Å². The van der Waals surface area contributed by atoms with Crippen LogP contribution in [0, 0.1) is 5.92 Å². The molecule has 4 atom stereocenters. The lowest BCUT2D eigenvalue weighted by Crippen LogP contribution is -2.30. The Labute approximate surface area is 232 Å². The second-order valence-corrected chi connectivity index (χ2v) is 10.5. The third-order valence-electron chi connectivity index (χ3n) is 7.72. The summed E-state index contributed by atoms with van der Waals surface area (Å²) in [5, 5.41) is 83.2. The van der Waals surface area contributed by atoms with Crippen LogP contribution in [0.5, 0.6) is 51.7 Å². The van der Waals surface area contributed by atoms with Crippen LogP contribution in [0.4, 0.5) is 0 Å². The number of aromatic hydroxyl groups is 7. The molecule has 2 aliphatic heterocycles. The van der Waals surface area contributed by atoms with E-state index in [0.29, 0.717) is 17.5 Å². The Balaban J connectivity index is 1.56. The molecular formula is C30H26O11. The average Bonchev–Trinajstić information content (AvgIpc) is 3.03. The van der Waals surface area contributed by atoms with Crippen molar-refractivity contribution in [3.63, 3.8) is 0 Å². The van der Waals surface area contributed by atoms with Crippen molar-refractivity contribution in [2.75, 3.05) is 0 Å². The number of phenolic OH excluding ortho intramolecular Hbond substituents is 6. The van der Waals surface area contributed by atoms with E-state index in [1.54, 1.807) is 0 Å². The Kier molecular flexibility index (Phi) is 5.93. The van der Waals surface area contributed by atoms with E-state index in [9.17, 15) is 45.6 Å². The number of ether oxygens (including phenoxy) is 2. The number of aliphatic hydroxyl groups excluding tert-OH is 1. The first-order valence-electron chi connectivity index (χ1n) is 12.8. The van der Waals surface area contributed by atoms with Crippen LogP contribution in [0.2, 0.25) is 0 Å². The number of hydrogen-bond acceptors (Lipinski definition) is 11. The lowest BCUT2D eigenvalue weighted by molar-refractivity contribution is 0.0205. The molecule has 0 amide bonds. The molecule has 4 aromatic carbocycles. The van der Waals surface area contributed by atoms with Crippen LogP contribution in [0.1, 0.15) is 41.4 Å². The second-order valence-electron chi connectivity index (χ2n) is 10.5. The number of hydrogen-bond donors (Lipinski definition) is 8. The van der Waals surface area contributed by atoms with E-state index in [1.165, 1.54) is 30.3 Å². The Morgan fingerprint density at radius 3 is 1.90 bits per heavy atom. The lowest BCUT2D eigenvalue weighted by Gasteiger charge is -2.33. The summed E-state index contributed by atoms with van der Waals surface area (Å²) in [7, 11) is 0. The molecule has 4 aromatic rings. The van der Waals surface area contributed by atoms with Gasteiger partial charge >= 0.3 is 0 Å². The minimum Gasteiger partial charge on any atom is -0.508 e. The van der Waals surface area contributed by atoms with Gasteiger partial charge in [-0.1, -0.05) is 6.92 Å². The fourth-order valence-corrected chi connectivity index (χ4v) is 5.77. The summed E-state index contributed by atoms with van der Waals surface area (Å²) in [5.74, 6) is -3.15. The molecule has 41 heavy (non-hydrogen) atoms. The van der Waals surface area contributed by atoms with Crippen LogP contribution in [0.25, 0.3) is 10.8 Å². The third-order valence-corrected chi connectivity index (χ3v) is 7.72. The van der Waals surface area contributed by atoms with Crippen LogP contribution in [0.15, 0.2) is 47.3 Å². The molecule has 0 unspecified atom stereocenters. The highest BCUT2D eigenvalue weighted by molar-refractivity contribution is 5.94. The molecule has 8 N–H and O–H groups in total. The van der Waals surface area contributed by atoms with Gasteiger partial charge in [-0.05, 0) is 35.6 Å². The van der Waals surface area contributed by atoms with Gasteiger partial charge in [-0.3, -0.25) is 4.79 Å². The first-order valence-corrected chi connectivity index (χ1v) is 12.8. The van der Waals surface area contributed by atoms with Gasteiger partial charge in [0.05, 0.1) is 11.5 Å². The van der Waals surface area contributed by atoms with Crippen molar-refractivity contribution >= 4 is 10.8 Å². The topological polar surface area (TPSA) is 197 Å². The Morgan fingerprint density at radius 1 is 0.683 bits per heavy atom. The SMILES string of the molecule is C[C@@H]1Cc2c(O)cc(O)cc2O[C@@H]1c1cc(O)c(=O)c2c(O)c(O)cc([C@H]3Oc4cc(O)cc(O)c4C[C@@H]3O)c2c1. The van der Waals surface area contributed by atoms with E-state index in [4.69, 9.17) is 9.47 Å². The van der Waals surface area contributed by atoms with Crippen molar-refractivity contribution < 1.29 is 50.3 Å². The van der Waals surface area contributed by atoms with E-state index in [1.807, 2.05) is 6.92 Å². The van der Waals surface area contributed by atoms with E-state index < -0.39 is 46.4 Å². The van der Waals surface area contributed by atoms with Gasteiger partial charge in [-0.2, -0.15) is 0 Å². The van der Waals surface area contributed by atoms with Crippen molar-refractivity contribution in [3.8, 4) is 51.7 Å². The van der Waals surface area contributed by atoms with Crippen LogP contribution in [0.3, 0.4) is 0 Å². The van der Waals surface area contributed by atoms with Gasteiger partial charge in [-0.15, -0.1) is 0 Å². The van der Waals surface area contributed by atoms with E-state index in [2.05, 4.69) is 0 Å². The quantitative estimate of drug-likeness (QED) is 0.166. The lowest BCUT2D eigenvalue weighted by atomic mass is 9.87. The predicted octanol–water partition coefficient (Wildman–Crippen LogP) is 3.49.